The fourth-order valence-corrected chi connectivity index (χ4v) is 2.21. The van der Waals surface area contributed by atoms with Gasteiger partial charge in [-0.05, 0) is 19.8 Å². The summed E-state index contributed by atoms with van der Waals surface area (Å²) in [6, 6.07) is 1.94. The second-order valence-corrected chi connectivity index (χ2v) is 5.15. The van der Waals surface area contributed by atoms with Crippen molar-refractivity contribution in [2.45, 2.75) is 38.3 Å². The topological polar surface area (TPSA) is 83.8 Å². The highest BCUT2D eigenvalue weighted by molar-refractivity contribution is 5.36. The third-order valence-corrected chi connectivity index (χ3v) is 3.50. The zero-order valence-corrected chi connectivity index (χ0v) is 11.3. The number of nitrogens with one attached hydrogen (secondary N) is 1. The molecule has 0 bridgehead atoms. The third kappa shape index (κ3) is 2.91. The summed E-state index contributed by atoms with van der Waals surface area (Å²) in [6.07, 6.45) is 6.47. The van der Waals surface area contributed by atoms with Gasteiger partial charge in [0.25, 0.3) is 0 Å². The van der Waals surface area contributed by atoms with Gasteiger partial charge in [0.15, 0.2) is 0 Å². The summed E-state index contributed by atoms with van der Waals surface area (Å²) in [7, 11) is 0. The summed E-state index contributed by atoms with van der Waals surface area (Å²) < 4.78 is 0. The van der Waals surface area contributed by atoms with Crippen LogP contribution in [0.3, 0.4) is 0 Å². The molecule has 0 spiro atoms. The summed E-state index contributed by atoms with van der Waals surface area (Å²) in [5.74, 6) is 1.13. The van der Waals surface area contributed by atoms with Gasteiger partial charge in [0.05, 0.1) is 30.2 Å². The van der Waals surface area contributed by atoms with Gasteiger partial charge >= 0.3 is 0 Å². The van der Waals surface area contributed by atoms with Gasteiger partial charge in [-0.3, -0.25) is 9.97 Å². The van der Waals surface area contributed by atoms with Gasteiger partial charge in [0.2, 0.25) is 0 Å². The molecule has 0 aromatic carbocycles. The van der Waals surface area contributed by atoms with Gasteiger partial charge in [0.1, 0.15) is 12.1 Å². The normalized spacial score (nSPS) is 21.3. The van der Waals surface area contributed by atoms with E-state index in [1.54, 1.807) is 18.7 Å². The molecule has 0 atom stereocenters. The molecule has 2 aromatic heterocycles. The van der Waals surface area contributed by atoms with E-state index in [0.29, 0.717) is 12.5 Å². The van der Waals surface area contributed by atoms with E-state index in [-0.39, 0.29) is 6.10 Å². The fraction of sp³-hybridized carbons (Fsp3) is 0.429. The van der Waals surface area contributed by atoms with Crippen molar-refractivity contribution in [3.63, 3.8) is 0 Å². The first-order valence-corrected chi connectivity index (χ1v) is 6.72. The van der Waals surface area contributed by atoms with E-state index in [0.717, 1.165) is 35.7 Å². The number of nitrogens with zero attached hydrogens (tertiary/aromatic N) is 4. The van der Waals surface area contributed by atoms with Crippen molar-refractivity contribution >= 4 is 5.82 Å². The van der Waals surface area contributed by atoms with Crippen molar-refractivity contribution in [2.24, 2.45) is 0 Å². The van der Waals surface area contributed by atoms with Gasteiger partial charge in [-0.15, -0.1) is 0 Å². The molecule has 20 heavy (non-hydrogen) atoms. The zero-order chi connectivity index (χ0) is 13.9. The molecule has 0 saturated heterocycles. The van der Waals surface area contributed by atoms with Crippen LogP contribution >= 0.6 is 0 Å². The highest BCUT2D eigenvalue weighted by Gasteiger charge is 2.29. The number of aromatic nitrogens is 4. The zero-order valence-electron chi connectivity index (χ0n) is 11.3. The highest BCUT2D eigenvalue weighted by atomic mass is 16.3. The molecular weight excluding hydrogens is 254 g/mol. The highest BCUT2D eigenvalue weighted by Crippen LogP contribution is 2.35. The Labute approximate surface area is 117 Å². The maximum atomic E-state index is 9.35. The molecule has 2 aromatic rings. The summed E-state index contributed by atoms with van der Waals surface area (Å²) in [4.78, 5) is 17.0. The molecule has 0 amide bonds. The molecule has 1 saturated carbocycles. The lowest BCUT2D eigenvalue weighted by atomic mass is 9.80. The summed E-state index contributed by atoms with van der Waals surface area (Å²) in [5.41, 5.74) is 2.76. The molecule has 6 nitrogen and oxygen atoms in total. The Balaban J connectivity index is 1.62. The molecule has 1 aliphatic carbocycles. The minimum Gasteiger partial charge on any atom is -0.393 e. The molecule has 1 aliphatic rings. The predicted molar refractivity (Wildman–Crippen MR) is 74.1 cm³/mol. The first kappa shape index (κ1) is 12.9. The molecule has 1 fully saturated rings. The van der Waals surface area contributed by atoms with Crippen LogP contribution in [-0.2, 0) is 6.54 Å². The Kier molecular flexibility index (Phi) is 3.56. The molecule has 6 heteroatoms. The van der Waals surface area contributed by atoms with Gasteiger partial charge < -0.3 is 10.4 Å². The van der Waals surface area contributed by atoms with Crippen LogP contribution in [-0.4, -0.2) is 31.1 Å². The number of hydrogen-bond acceptors (Lipinski definition) is 6. The molecule has 0 aliphatic heterocycles. The van der Waals surface area contributed by atoms with Crippen LogP contribution in [0.1, 0.15) is 35.8 Å². The van der Waals surface area contributed by atoms with Gasteiger partial charge in [0, 0.05) is 23.9 Å². The Morgan fingerprint density at radius 3 is 2.75 bits per heavy atom. The smallest absolute Gasteiger partial charge is 0.129 e. The first-order valence-electron chi connectivity index (χ1n) is 6.72. The fourth-order valence-electron chi connectivity index (χ4n) is 2.21. The average molecular weight is 271 g/mol. The molecule has 104 valence electrons. The van der Waals surface area contributed by atoms with Gasteiger partial charge in [-0.1, -0.05) is 0 Å². The lowest BCUT2D eigenvalue weighted by Gasteiger charge is -2.30. The molecule has 0 radical (unpaired) electrons. The summed E-state index contributed by atoms with van der Waals surface area (Å²) in [6.45, 7) is 2.49. The average Bonchev–Trinajstić information content (AvgIpc) is 2.44. The molecule has 2 heterocycles. The van der Waals surface area contributed by atoms with E-state index in [4.69, 9.17) is 0 Å². The summed E-state index contributed by atoms with van der Waals surface area (Å²) >= 11 is 0. The van der Waals surface area contributed by atoms with Crippen molar-refractivity contribution in [2.75, 3.05) is 5.32 Å². The van der Waals surface area contributed by atoms with Crippen LogP contribution in [0.15, 0.2) is 24.8 Å². The number of rotatable bonds is 4. The minimum atomic E-state index is -0.172. The van der Waals surface area contributed by atoms with Crippen LogP contribution in [0.2, 0.25) is 0 Å². The predicted octanol–water partition coefficient (Wildman–Crippen LogP) is 1.43. The van der Waals surface area contributed by atoms with E-state index in [2.05, 4.69) is 25.3 Å². The van der Waals surface area contributed by atoms with E-state index in [9.17, 15) is 5.11 Å². The number of aryl methyl sites for hydroxylation is 1. The molecular formula is C14H17N5O. The number of hydrogen-bond donors (Lipinski definition) is 2. The van der Waals surface area contributed by atoms with Crippen LogP contribution in [0.4, 0.5) is 5.82 Å². The van der Waals surface area contributed by atoms with Crippen molar-refractivity contribution in [3.8, 4) is 0 Å². The van der Waals surface area contributed by atoms with E-state index in [1.807, 2.05) is 13.0 Å². The van der Waals surface area contributed by atoms with Gasteiger partial charge in [-0.25, -0.2) is 9.97 Å². The number of anilines is 1. The van der Waals surface area contributed by atoms with E-state index >= 15 is 0 Å². The SMILES string of the molecule is Cc1cnc(CNc2cc(C3CC(O)C3)ncn2)cn1. The lowest BCUT2D eigenvalue weighted by molar-refractivity contribution is 0.0732. The van der Waals surface area contributed by atoms with E-state index in [1.165, 1.54) is 0 Å². The van der Waals surface area contributed by atoms with Crippen molar-refractivity contribution in [1.82, 2.24) is 19.9 Å². The molecule has 0 unspecified atom stereocenters. The standard InChI is InChI=1S/C14H17N5O/c1-9-5-16-11(6-15-9)7-17-14-4-13(18-8-19-14)10-2-12(20)3-10/h4-6,8,10,12,20H,2-3,7H2,1H3,(H,17,18,19). The maximum Gasteiger partial charge on any atom is 0.129 e. The maximum absolute atomic E-state index is 9.35. The monoisotopic (exact) mass is 271 g/mol. The number of aliphatic hydroxyl groups excluding tert-OH is 1. The first-order chi connectivity index (χ1) is 9.70. The van der Waals surface area contributed by atoms with Crippen LogP contribution in [0.5, 0.6) is 0 Å². The van der Waals surface area contributed by atoms with Gasteiger partial charge in [-0.2, -0.15) is 0 Å². The third-order valence-electron chi connectivity index (χ3n) is 3.50. The Morgan fingerprint density at radius 2 is 2.05 bits per heavy atom. The quantitative estimate of drug-likeness (QED) is 0.875. The Hall–Kier alpha value is -2.08. The van der Waals surface area contributed by atoms with E-state index < -0.39 is 0 Å². The van der Waals surface area contributed by atoms with Crippen molar-refractivity contribution in [3.05, 3.63) is 41.9 Å². The minimum absolute atomic E-state index is 0.172. The lowest BCUT2D eigenvalue weighted by Crippen LogP contribution is -2.27. The largest absolute Gasteiger partial charge is 0.393 e. The van der Waals surface area contributed by atoms with Crippen LogP contribution < -0.4 is 5.32 Å². The Morgan fingerprint density at radius 1 is 1.20 bits per heavy atom. The van der Waals surface area contributed by atoms with Crippen molar-refractivity contribution < 1.29 is 5.11 Å². The van der Waals surface area contributed by atoms with Crippen LogP contribution in [0, 0.1) is 6.92 Å². The second kappa shape index (κ2) is 5.50. The molecule has 2 N–H and O–H groups in total. The number of aliphatic hydroxyl groups is 1. The molecule has 3 rings (SSSR count). The van der Waals surface area contributed by atoms with Crippen molar-refractivity contribution in [1.29, 1.82) is 0 Å². The Bertz CT molecular complexity index is 580. The second-order valence-electron chi connectivity index (χ2n) is 5.15. The summed E-state index contributed by atoms with van der Waals surface area (Å²) in [5, 5.41) is 12.6. The van der Waals surface area contributed by atoms with Crippen LogP contribution in [0.25, 0.3) is 0 Å².